The maximum absolute atomic E-state index is 11.5. The summed E-state index contributed by atoms with van der Waals surface area (Å²) in [7, 11) is 0. The lowest BCUT2D eigenvalue weighted by atomic mass is 10.1. The molecule has 1 amide bonds. The molecule has 1 rings (SSSR count). The average Bonchev–Trinajstić information content (AvgIpc) is 2.18. The molecular formula is C11H13NO3. The lowest BCUT2D eigenvalue weighted by Crippen LogP contribution is -2.38. The summed E-state index contributed by atoms with van der Waals surface area (Å²) in [5.74, 6) is -0.136. The molecule has 0 radical (unpaired) electrons. The second-order valence-corrected chi connectivity index (χ2v) is 3.30. The van der Waals surface area contributed by atoms with Gasteiger partial charge in [-0.15, -0.1) is 0 Å². The molecule has 0 heterocycles. The fraction of sp³-hybridized carbons (Fsp3) is 0.273. The Morgan fingerprint density at radius 3 is 2.47 bits per heavy atom. The molecule has 1 aromatic carbocycles. The van der Waals surface area contributed by atoms with Gasteiger partial charge in [-0.1, -0.05) is 30.3 Å². The fourth-order valence-electron chi connectivity index (χ4n) is 1.22. The van der Waals surface area contributed by atoms with Gasteiger partial charge in [-0.2, -0.15) is 0 Å². The van der Waals surface area contributed by atoms with E-state index in [1.54, 1.807) is 6.92 Å². The van der Waals surface area contributed by atoms with Gasteiger partial charge in [0.05, 0.1) is 6.04 Å². The van der Waals surface area contributed by atoms with E-state index in [1.165, 1.54) is 0 Å². The highest BCUT2D eigenvalue weighted by atomic mass is 16.4. The second-order valence-electron chi connectivity index (χ2n) is 3.30. The first-order valence-electron chi connectivity index (χ1n) is 4.65. The molecule has 4 heteroatoms. The Morgan fingerprint density at radius 1 is 1.33 bits per heavy atom. The van der Waals surface area contributed by atoms with E-state index < -0.39 is 12.1 Å². The summed E-state index contributed by atoms with van der Waals surface area (Å²) in [5, 5.41) is 10.6. The van der Waals surface area contributed by atoms with Crippen molar-refractivity contribution in [2.75, 3.05) is 0 Å². The second kappa shape index (κ2) is 5.14. The van der Waals surface area contributed by atoms with Crippen LogP contribution < -0.4 is 5.32 Å². The number of carbonyl (C=O) groups is 2. The summed E-state index contributed by atoms with van der Waals surface area (Å²) in [6.45, 7) is 1.54. The minimum atomic E-state index is -1.18. The summed E-state index contributed by atoms with van der Waals surface area (Å²) in [4.78, 5) is 21.8. The summed E-state index contributed by atoms with van der Waals surface area (Å²) in [6.07, 6.45) is -0.925. The Hall–Kier alpha value is -1.84. The lowest BCUT2D eigenvalue weighted by Gasteiger charge is -2.09. The minimum absolute atomic E-state index is 0.136. The number of carbonyl (C=O) groups excluding carboxylic acids is 1. The van der Waals surface area contributed by atoms with Gasteiger partial charge in [-0.3, -0.25) is 4.79 Å². The Morgan fingerprint density at radius 2 is 1.93 bits per heavy atom. The van der Waals surface area contributed by atoms with Crippen LogP contribution in [0.5, 0.6) is 0 Å². The number of hydrogen-bond acceptors (Lipinski definition) is 2. The molecule has 1 atom stereocenters. The number of Topliss-reactive ketones (excluding diaryl/α,β-unsaturated/α-hetero) is 1. The minimum Gasteiger partial charge on any atom is -0.465 e. The van der Waals surface area contributed by atoms with Gasteiger partial charge in [0.25, 0.3) is 0 Å². The van der Waals surface area contributed by atoms with Crippen molar-refractivity contribution in [3.63, 3.8) is 0 Å². The molecule has 4 nitrogen and oxygen atoms in total. The van der Waals surface area contributed by atoms with Gasteiger partial charge in [0.1, 0.15) is 0 Å². The Labute approximate surface area is 87.9 Å². The predicted molar refractivity (Wildman–Crippen MR) is 55.8 cm³/mol. The van der Waals surface area contributed by atoms with Crippen molar-refractivity contribution in [3.05, 3.63) is 35.9 Å². The largest absolute Gasteiger partial charge is 0.465 e. The van der Waals surface area contributed by atoms with Gasteiger partial charge in [-0.25, -0.2) is 4.79 Å². The number of nitrogens with one attached hydrogen (secondary N) is 1. The molecule has 0 bridgehead atoms. The van der Waals surface area contributed by atoms with Crippen molar-refractivity contribution < 1.29 is 14.7 Å². The van der Waals surface area contributed by atoms with Crippen LogP contribution in [0.15, 0.2) is 30.3 Å². The third kappa shape index (κ3) is 3.81. The van der Waals surface area contributed by atoms with Crippen LogP contribution in [0, 0.1) is 0 Å². The number of hydrogen-bond donors (Lipinski definition) is 2. The van der Waals surface area contributed by atoms with Crippen LogP contribution in [0.4, 0.5) is 4.79 Å². The van der Waals surface area contributed by atoms with Crippen LogP contribution in [0.3, 0.4) is 0 Å². The topological polar surface area (TPSA) is 66.4 Å². The highest BCUT2D eigenvalue weighted by Crippen LogP contribution is 2.01. The van der Waals surface area contributed by atoms with E-state index in [2.05, 4.69) is 5.32 Å². The molecule has 0 aliphatic heterocycles. The molecule has 0 aromatic heterocycles. The van der Waals surface area contributed by atoms with Crippen molar-refractivity contribution in [2.24, 2.45) is 0 Å². The number of rotatable bonds is 4. The SMILES string of the molecule is CC(NC(=O)O)C(=O)Cc1ccccc1. The van der Waals surface area contributed by atoms with Crippen LogP contribution in [-0.2, 0) is 11.2 Å². The van der Waals surface area contributed by atoms with Gasteiger partial charge < -0.3 is 10.4 Å². The van der Waals surface area contributed by atoms with Crippen LogP contribution >= 0.6 is 0 Å². The molecule has 0 saturated carbocycles. The number of ketones is 1. The standard InChI is InChI=1S/C11H13NO3/c1-8(12-11(14)15)10(13)7-9-5-3-2-4-6-9/h2-6,8,12H,7H2,1H3,(H,14,15). The van der Waals surface area contributed by atoms with E-state index in [9.17, 15) is 9.59 Å². The molecule has 1 unspecified atom stereocenters. The molecule has 0 aliphatic rings. The first kappa shape index (κ1) is 11.2. The molecule has 0 aliphatic carbocycles. The summed E-state index contributed by atoms with van der Waals surface area (Å²) >= 11 is 0. The van der Waals surface area contributed by atoms with Gasteiger partial charge in [0, 0.05) is 6.42 Å². The van der Waals surface area contributed by atoms with Gasteiger partial charge in [0.15, 0.2) is 5.78 Å². The molecule has 1 aromatic rings. The van der Waals surface area contributed by atoms with Crippen LogP contribution in [-0.4, -0.2) is 23.0 Å². The highest BCUT2D eigenvalue weighted by Gasteiger charge is 2.14. The fourth-order valence-corrected chi connectivity index (χ4v) is 1.22. The zero-order chi connectivity index (χ0) is 11.3. The van der Waals surface area contributed by atoms with Crippen molar-refractivity contribution in [2.45, 2.75) is 19.4 Å². The first-order valence-corrected chi connectivity index (χ1v) is 4.65. The maximum Gasteiger partial charge on any atom is 0.405 e. The monoisotopic (exact) mass is 207 g/mol. The van der Waals surface area contributed by atoms with Crippen LogP contribution in [0.2, 0.25) is 0 Å². The van der Waals surface area contributed by atoms with E-state index >= 15 is 0 Å². The van der Waals surface area contributed by atoms with Crippen molar-refractivity contribution in [1.29, 1.82) is 0 Å². The van der Waals surface area contributed by atoms with Crippen molar-refractivity contribution in [1.82, 2.24) is 5.32 Å². The lowest BCUT2D eigenvalue weighted by molar-refractivity contribution is -0.119. The average molecular weight is 207 g/mol. The molecule has 0 saturated heterocycles. The van der Waals surface area contributed by atoms with E-state index in [0.717, 1.165) is 5.56 Å². The smallest absolute Gasteiger partial charge is 0.405 e. The van der Waals surface area contributed by atoms with Gasteiger partial charge in [-0.05, 0) is 12.5 Å². The van der Waals surface area contributed by atoms with E-state index in [4.69, 9.17) is 5.11 Å². The van der Waals surface area contributed by atoms with E-state index in [-0.39, 0.29) is 12.2 Å². The number of carboxylic acid groups (broad SMARTS) is 1. The normalized spacial score (nSPS) is 11.8. The van der Waals surface area contributed by atoms with E-state index in [1.807, 2.05) is 30.3 Å². The first-order chi connectivity index (χ1) is 7.09. The molecule has 2 N–H and O–H groups in total. The van der Waals surface area contributed by atoms with E-state index in [0.29, 0.717) is 0 Å². The highest BCUT2D eigenvalue weighted by molar-refractivity contribution is 5.88. The van der Waals surface area contributed by atoms with Gasteiger partial charge >= 0.3 is 6.09 Å². The maximum atomic E-state index is 11.5. The molecule has 80 valence electrons. The summed E-state index contributed by atoms with van der Waals surface area (Å²) in [6, 6.07) is 8.57. The zero-order valence-electron chi connectivity index (χ0n) is 8.43. The number of benzene rings is 1. The molecule has 0 fully saturated rings. The third-order valence-electron chi connectivity index (χ3n) is 2.04. The predicted octanol–water partition coefficient (Wildman–Crippen LogP) is 1.45. The zero-order valence-corrected chi connectivity index (χ0v) is 8.43. The summed E-state index contributed by atoms with van der Waals surface area (Å²) in [5.41, 5.74) is 0.890. The Bertz CT molecular complexity index is 348. The Balaban J connectivity index is 2.52. The Kier molecular flexibility index (Phi) is 3.85. The molecule has 0 spiro atoms. The van der Waals surface area contributed by atoms with Crippen molar-refractivity contribution >= 4 is 11.9 Å². The quantitative estimate of drug-likeness (QED) is 0.785. The molecule has 15 heavy (non-hydrogen) atoms. The van der Waals surface area contributed by atoms with Crippen molar-refractivity contribution in [3.8, 4) is 0 Å². The van der Waals surface area contributed by atoms with Crippen LogP contribution in [0.1, 0.15) is 12.5 Å². The third-order valence-corrected chi connectivity index (χ3v) is 2.04. The van der Waals surface area contributed by atoms with Gasteiger partial charge in [0.2, 0.25) is 0 Å². The molecular weight excluding hydrogens is 194 g/mol. The summed E-state index contributed by atoms with van der Waals surface area (Å²) < 4.78 is 0. The number of amides is 1. The van der Waals surface area contributed by atoms with Crippen LogP contribution in [0.25, 0.3) is 0 Å².